The molecule has 0 aromatic carbocycles. The maximum atomic E-state index is 11.4. The Balaban J connectivity index is 4.48. The van der Waals surface area contributed by atoms with Gasteiger partial charge in [-0.1, -0.05) is 13.8 Å². The lowest BCUT2D eigenvalue weighted by atomic mass is 9.96. The number of hydrogen-bond acceptors (Lipinski definition) is 4. The first-order valence-corrected chi connectivity index (χ1v) is 6.23. The number of carbonyl (C=O) groups is 1. The van der Waals surface area contributed by atoms with Crippen LogP contribution in [0.2, 0.25) is 0 Å². The monoisotopic (exact) mass is 222 g/mol. The Morgan fingerprint density at radius 2 is 1.93 bits per heavy atom. The molecule has 0 saturated carbocycles. The average Bonchev–Trinajstić information content (AvgIpc) is 2.03. The second-order valence-corrected chi connectivity index (χ2v) is 5.47. The zero-order chi connectivity index (χ0) is 11.4. The van der Waals surface area contributed by atoms with Gasteiger partial charge in [-0.2, -0.15) is 0 Å². The van der Waals surface area contributed by atoms with E-state index in [1.54, 1.807) is 0 Å². The molecule has 0 aromatic heterocycles. The highest BCUT2D eigenvalue weighted by molar-refractivity contribution is 7.90. The average molecular weight is 222 g/mol. The summed E-state index contributed by atoms with van der Waals surface area (Å²) in [5.41, 5.74) is 5.38. The van der Waals surface area contributed by atoms with Crippen molar-refractivity contribution >= 4 is 15.9 Å². The predicted molar refractivity (Wildman–Crippen MR) is 55.0 cm³/mol. The van der Waals surface area contributed by atoms with E-state index in [2.05, 4.69) is 0 Å². The summed E-state index contributed by atoms with van der Waals surface area (Å²) < 4.78 is 24.2. The van der Waals surface area contributed by atoms with E-state index < -0.39 is 21.8 Å². The molecule has 1 atom stereocenters. The minimum absolute atomic E-state index is 0.0343. The zero-order valence-corrected chi connectivity index (χ0v) is 9.60. The van der Waals surface area contributed by atoms with Gasteiger partial charge in [-0.05, 0) is 12.8 Å². The summed E-state index contributed by atoms with van der Waals surface area (Å²) >= 11 is 0. The Morgan fingerprint density at radius 3 is 2.21 bits per heavy atom. The number of hydrogen-bond donors (Lipinski definition) is 2. The van der Waals surface area contributed by atoms with E-state index in [9.17, 15) is 13.2 Å². The number of amides is 1. The first kappa shape index (κ1) is 13.4. The number of nitrogens with one attached hydrogen (secondary N) is 1. The fourth-order valence-electron chi connectivity index (χ4n) is 0.983. The molecule has 14 heavy (non-hydrogen) atoms. The van der Waals surface area contributed by atoms with Crippen LogP contribution >= 0.6 is 0 Å². The summed E-state index contributed by atoms with van der Waals surface area (Å²) in [5, 5.41) is 0. The van der Waals surface area contributed by atoms with Crippen molar-refractivity contribution in [2.45, 2.75) is 20.8 Å². The summed E-state index contributed by atoms with van der Waals surface area (Å²) in [6, 6.07) is 0. The second kappa shape index (κ2) is 5.31. The van der Waals surface area contributed by atoms with Gasteiger partial charge in [0, 0.05) is 6.54 Å². The minimum atomic E-state index is -3.46. The van der Waals surface area contributed by atoms with Gasteiger partial charge in [0.2, 0.25) is 15.9 Å². The van der Waals surface area contributed by atoms with Crippen LogP contribution in [0.5, 0.6) is 0 Å². The molecule has 1 unspecified atom stereocenters. The van der Waals surface area contributed by atoms with E-state index in [1.165, 1.54) is 6.92 Å². The molecule has 0 bridgehead atoms. The molecule has 0 aliphatic rings. The molecule has 0 rings (SSSR count). The van der Waals surface area contributed by atoms with Crippen LogP contribution in [0.25, 0.3) is 0 Å². The van der Waals surface area contributed by atoms with Crippen molar-refractivity contribution in [3.63, 3.8) is 0 Å². The normalized spacial score (nSPS) is 14.1. The Labute approximate surface area is 85.1 Å². The first-order chi connectivity index (χ1) is 6.34. The molecule has 1 amide bonds. The maximum absolute atomic E-state index is 11.4. The van der Waals surface area contributed by atoms with Crippen molar-refractivity contribution in [3.8, 4) is 0 Å². The van der Waals surface area contributed by atoms with E-state index in [4.69, 9.17) is 5.73 Å². The molecule has 0 aliphatic carbocycles. The number of sulfonamides is 1. The Hall–Kier alpha value is -0.620. The fraction of sp³-hybridized carbons (Fsp3) is 0.875. The van der Waals surface area contributed by atoms with Crippen LogP contribution in [-0.4, -0.2) is 26.6 Å². The molecule has 6 heteroatoms. The summed E-state index contributed by atoms with van der Waals surface area (Å²) in [7, 11) is -3.46. The number of carbonyl (C=O) groups excluding carboxylic acids is 1. The molecule has 0 saturated heterocycles. The highest BCUT2D eigenvalue weighted by Gasteiger charge is 2.23. The smallest absolute Gasteiger partial charge is 0.238 e. The van der Waals surface area contributed by atoms with Gasteiger partial charge in [0.25, 0.3) is 0 Å². The highest BCUT2D eigenvalue weighted by Crippen LogP contribution is 2.09. The maximum Gasteiger partial charge on any atom is 0.238 e. The van der Waals surface area contributed by atoms with Crippen LogP contribution in [0, 0.1) is 11.8 Å². The Morgan fingerprint density at radius 1 is 1.43 bits per heavy atom. The molecular weight excluding hydrogens is 204 g/mol. The SMILES string of the molecule is CCS(=O)(=O)NC(=O)C(CN)C(C)C. The third-order valence-electron chi connectivity index (χ3n) is 2.03. The van der Waals surface area contributed by atoms with Crippen molar-refractivity contribution in [2.75, 3.05) is 12.3 Å². The van der Waals surface area contributed by atoms with E-state index in [0.29, 0.717) is 0 Å². The topological polar surface area (TPSA) is 89.3 Å². The fourth-order valence-corrected chi connectivity index (χ4v) is 1.59. The molecule has 5 nitrogen and oxygen atoms in total. The van der Waals surface area contributed by atoms with Gasteiger partial charge < -0.3 is 5.73 Å². The largest absolute Gasteiger partial charge is 0.330 e. The van der Waals surface area contributed by atoms with Gasteiger partial charge in [-0.15, -0.1) is 0 Å². The van der Waals surface area contributed by atoms with Gasteiger partial charge >= 0.3 is 0 Å². The van der Waals surface area contributed by atoms with Crippen LogP contribution in [0.15, 0.2) is 0 Å². The van der Waals surface area contributed by atoms with Crippen molar-refractivity contribution < 1.29 is 13.2 Å². The lowest BCUT2D eigenvalue weighted by Gasteiger charge is -2.17. The minimum Gasteiger partial charge on any atom is -0.330 e. The molecule has 0 heterocycles. The van der Waals surface area contributed by atoms with E-state index in [0.717, 1.165) is 0 Å². The van der Waals surface area contributed by atoms with Gasteiger partial charge in [-0.25, -0.2) is 8.42 Å². The highest BCUT2D eigenvalue weighted by atomic mass is 32.2. The molecule has 0 radical (unpaired) electrons. The van der Waals surface area contributed by atoms with E-state index >= 15 is 0 Å². The molecule has 3 N–H and O–H groups in total. The molecule has 0 spiro atoms. The van der Waals surface area contributed by atoms with Crippen molar-refractivity contribution in [1.82, 2.24) is 4.72 Å². The first-order valence-electron chi connectivity index (χ1n) is 4.58. The third kappa shape index (κ3) is 4.06. The molecule has 0 aromatic rings. The second-order valence-electron chi connectivity index (χ2n) is 3.46. The number of rotatable bonds is 5. The standard InChI is InChI=1S/C8H18N2O3S/c1-4-14(12,13)10-8(11)7(5-9)6(2)3/h6-7H,4-5,9H2,1-3H3,(H,10,11). The Bertz CT molecular complexity index is 285. The zero-order valence-electron chi connectivity index (χ0n) is 8.78. The van der Waals surface area contributed by atoms with Crippen LogP contribution in [0.3, 0.4) is 0 Å². The van der Waals surface area contributed by atoms with Crippen LogP contribution < -0.4 is 10.5 Å². The quantitative estimate of drug-likeness (QED) is 0.667. The van der Waals surface area contributed by atoms with Crippen LogP contribution in [0.4, 0.5) is 0 Å². The summed E-state index contributed by atoms with van der Waals surface area (Å²) in [4.78, 5) is 11.4. The predicted octanol–water partition coefficient (Wildman–Crippen LogP) is -0.317. The molecule has 0 aliphatic heterocycles. The van der Waals surface area contributed by atoms with Crippen molar-refractivity contribution in [2.24, 2.45) is 17.6 Å². The number of nitrogens with two attached hydrogens (primary N) is 1. The molecule has 84 valence electrons. The summed E-state index contributed by atoms with van der Waals surface area (Å²) in [6.07, 6.45) is 0. The molecule has 0 fully saturated rings. The van der Waals surface area contributed by atoms with Gasteiger partial charge in [0.1, 0.15) is 0 Å². The van der Waals surface area contributed by atoms with Gasteiger partial charge in [-0.3, -0.25) is 9.52 Å². The van der Waals surface area contributed by atoms with Crippen molar-refractivity contribution in [3.05, 3.63) is 0 Å². The third-order valence-corrected chi connectivity index (χ3v) is 3.30. The van der Waals surface area contributed by atoms with E-state index in [1.807, 2.05) is 18.6 Å². The van der Waals surface area contributed by atoms with Crippen LogP contribution in [-0.2, 0) is 14.8 Å². The summed E-state index contributed by atoms with van der Waals surface area (Å²) in [6.45, 7) is 5.29. The van der Waals surface area contributed by atoms with Crippen LogP contribution in [0.1, 0.15) is 20.8 Å². The van der Waals surface area contributed by atoms with Crippen molar-refractivity contribution in [1.29, 1.82) is 0 Å². The van der Waals surface area contributed by atoms with Gasteiger partial charge in [0.05, 0.1) is 11.7 Å². The lowest BCUT2D eigenvalue weighted by Crippen LogP contribution is -2.41. The lowest BCUT2D eigenvalue weighted by molar-refractivity contribution is -0.124. The molecular formula is C8H18N2O3S. The van der Waals surface area contributed by atoms with Gasteiger partial charge in [0.15, 0.2) is 0 Å². The summed E-state index contributed by atoms with van der Waals surface area (Å²) in [5.74, 6) is -1.03. The van der Waals surface area contributed by atoms with E-state index in [-0.39, 0.29) is 18.2 Å². The Kier molecular flexibility index (Phi) is 5.07.